The molecule has 2 heterocycles. The molecule has 2 unspecified atom stereocenters. The van der Waals surface area contributed by atoms with Crippen molar-refractivity contribution in [2.45, 2.75) is 38.0 Å². The van der Waals surface area contributed by atoms with Gasteiger partial charge in [0.05, 0.1) is 6.54 Å². The van der Waals surface area contributed by atoms with Crippen LogP contribution in [0.3, 0.4) is 0 Å². The van der Waals surface area contributed by atoms with Gasteiger partial charge in [-0.15, -0.1) is 0 Å². The van der Waals surface area contributed by atoms with Crippen LogP contribution < -0.4 is 5.30 Å². The van der Waals surface area contributed by atoms with Crippen LogP contribution in [0.2, 0.25) is 0 Å². The molecule has 0 bridgehead atoms. The van der Waals surface area contributed by atoms with E-state index in [9.17, 15) is 0 Å². The van der Waals surface area contributed by atoms with E-state index >= 15 is 0 Å². The molecule has 0 aliphatic carbocycles. The van der Waals surface area contributed by atoms with Gasteiger partial charge in [0.2, 0.25) is 5.90 Å². The van der Waals surface area contributed by atoms with E-state index in [1.54, 1.807) is 0 Å². The Balaban J connectivity index is 2.01. The molecule has 0 saturated carbocycles. The van der Waals surface area contributed by atoms with Gasteiger partial charge in [0, 0.05) is 5.56 Å². The van der Waals surface area contributed by atoms with Gasteiger partial charge >= 0.3 is 0 Å². The van der Waals surface area contributed by atoms with Gasteiger partial charge < -0.3 is 4.74 Å². The minimum absolute atomic E-state index is 0.0604. The van der Waals surface area contributed by atoms with Crippen LogP contribution in [0.15, 0.2) is 29.3 Å². The van der Waals surface area contributed by atoms with E-state index in [4.69, 9.17) is 4.74 Å². The molecule has 3 rings (SSSR count). The Morgan fingerprint density at radius 3 is 2.56 bits per heavy atom. The van der Waals surface area contributed by atoms with E-state index in [1.165, 1.54) is 23.7 Å². The Kier molecular flexibility index (Phi) is 3.39. The number of aliphatic imine (C=N–C) groups is 1. The summed E-state index contributed by atoms with van der Waals surface area (Å²) in [5.41, 5.74) is 2.91. The lowest BCUT2D eigenvalue weighted by atomic mass is 10.2. The molecule has 0 spiro atoms. The number of hydrogen-bond acceptors (Lipinski definition) is 2. The first-order valence-electron chi connectivity index (χ1n) is 6.82. The molecule has 1 aromatic carbocycles. The maximum absolute atomic E-state index is 5.67. The molecule has 0 amide bonds. The van der Waals surface area contributed by atoms with Gasteiger partial charge in [-0.2, -0.15) is 0 Å². The molecular weight excluding hydrogens is 241 g/mol. The second-order valence-electron chi connectivity index (χ2n) is 5.24. The molecule has 96 valence electrons. The third kappa shape index (κ3) is 2.07. The van der Waals surface area contributed by atoms with E-state index in [0.717, 1.165) is 30.4 Å². The normalized spacial score (nSPS) is 31.2. The average Bonchev–Trinajstić information content (AvgIpc) is 3.00. The zero-order valence-corrected chi connectivity index (χ0v) is 12.0. The zero-order valence-electron chi connectivity index (χ0n) is 11.1. The molecule has 0 N–H and O–H groups in total. The Labute approximate surface area is 110 Å². The number of rotatable bonds is 2. The molecule has 2 aliphatic heterocycles. The van der Waals surface area contributed by atoms with E-state index in [2.05, 4.69) is 43.1 Å². The first kappa shape index (κ1) is 12.2. The van der Waals surface area contributed by atoms with Gasteiger partial charge in [-0.05, 0) is 35.5 Å². The molecule has 2 aliphatic rings. The zero-order chi connectivity index (χ0) is 12.5. The van der Waals surface area contributed by atoms with Crippen LogP contribution >= 0.6 is 7.92 Å². The van der Waals surface area contributed by atoms with Crippen molar-refractivity contribution >= 4 is 19.1 Å². The van der Waals surface area contributed by atoms with Crippen molar-refractivity contribution in [2.75, 3.05) is 13.2 Å². The van der Waals surface area contributed by atoms with Crippen LogP contribution in [-0.4, -0.2) is 30.4 Å². The third-order valence-corrected chi connectivity index (χ3v) is 7.31. The largest absolute Gasteiger partial charge is 0.475 e. The van der Waals surface area contributed by atoms with Gasteiger partial charge in [0.15, 0.2) is 0 Å². The second kappa shape index (κ2) is 5.01. The molecule has 1 aromatic rings. The lowest BCUT2D eigenvalue weighted by Gasteiger charge is -2.23. The molecule has 1 saturated heterocycles. The van der Waals surface area contributed by atoms with Crippen molar-refractivity contribution in [2.24, 2.45) is 4.99 Å². The highest BCUT2D eigenvalue weighted by Gasteiger charge is 2.33. The fourth-order valence-electron chi connectivity index (χ4n) is 3.05. The monoisotopic (exact) mass is 261 g/mol. The van der Waals surface area contributed by atoms with Gasteiger partial charge in [0.1, 0.15) is 6.61 Å². The van der Waals surface area contributed by atoms with Gasteiger partial charge in [-0.1, -0.05) is 40.0 Å². The van der Waals surface area contributed by atoms with Crippen molar-refractivity contribution < 1.29 is 4.74 Å². The minimum Gasteiger partial charge on any atom is -0.475 e. The predicted octanol–water partition coefficient (Wildman–Crippen LogP) is 3.14. The smallest absolute Gasteiger partial charge is 0.216 e. The van der Waals surface area contributed by atoms with Crippen LogP contribution in [0, 0.1) is 0 Å². The summed E-state index contributed by atoms with van der Waals surface area (Å²) in [5.74, 6) is 0.874. The predicted molar refractivity (Wildman–Crippen MR) is 78.5 cm³/mol. The third-order valence-electron chi connectivity index (χ3n) is 3.95. The molecule has 1 fully saturated rings. The summed E-state index contributed by atoms with van der Waals surface area (Å²) < 4.78 is 5.67. The van der Waals surface area contributed by atoms with E-state index in [-0.39, 0.29) is 7.92 Å². The maximum atomic E-state index is 5.67. The van der Waals surface area contributed by atoms with Crippen molar-refractivity contribution in [1.29, 1.82) is 0 Å². The maximum Gasteiger partial charge on any atom is 0.216 e. The molecule has 2 atom stereocenters. The molecular formula is C15H20NOP. The Morgan fingerprint density at radius 1 is 1.17 bits per heavy atom. The highest BCUT2D eigenvalue weighted by Crippen LogP contribution is 2.54. The quantitative estimate of drug-likeness (QED) is 0.749. The van der Waals surface area contributed by atoms with Crippen LogP contribution in [0.1, 0.15) is 32.3 Å². The summed E-state index contributed by atoms with van der Waals surface area (Å²) in [7, 11) is -0.0604. The van der Waals surface area contributed by atoms with Crippen molar-refractivity contribution in [3.05, 3.63) is 29.8 Å². The average molecular weight is 261 g/mol. The molecule has 0 aromatic heterocycles. The summed E-state index contributed by atoms with van der Waals surface area (Å²) in [5, 5.41) is 1.51. The Hall–Kier alpha value is -0.880. The topological polar surface area (TPSA) is 21.6 Å². The first-order valence-corrected chi connectivity index (χ1v) is 8.30. The van der Waals surface area contributed by atoms with Crippen molar-refractivity contribution in [3.63, 3.8) is 0 Å². The fourth-order valence-corrected chi connectivity index (χ4v) is 6.43. The lowest BCUT2D eigenvalue weighted by Crippen LogP contribution is -2.19. The number of benzene rings is 1. The standard InChI is InChI=1S/C15H20NOP/c1-11-7-8-12(2)18(11)14-6-4-3-5-13(14)15-16-9-10-17-15/h3-6,11-12H,7-10H2,1-2H3. The second-order valence-corrected chi connectivity index (χ2v) is 8.29. The van der Waals surface area contributed by atoms with Crippen molar-refractivity contribution in [1.82, 2.24) is 0 Å². The molecule has 2 nitrogen and oxygen atoms in total. The van der Waals surface area contributed by atoms with E-state index in [1.807, 2.05) is 0 Å². The number of nitrogens with zero attached hydrogens (tertiary/aromatic N) is 1. The van der Waals surface area contributed by atoms with E-state index in [0.29, 0.717) is 0 Å². The number of ether oxygens (including phenoxy) is 1. The summed E-state index contributed by atoms with van der Waals surface area (Å²) in [6.07, 6.45) is 2.74. The van der Waals surface area contributed by atoms with Gasteiger partial charge in [-0.3, -0.25) is 0 Å². The van der Waals surface area contributed by atoms with E-state index < -0.39 is 0 Å². The van der Waals surface area contributed by atoms with Crippen LogP contribution in [-0.2, 0) is 4.74 Å². The summed E-state index contributed by atoms with van der Waals surface area (Å²) in [4.78, 5) is 4.49. The highest BCUT2D eigenvalue weighted by molar-refractivity contribution is 7.67. The summed E-state index contributed by atoms with van der Waals surface area (Å²) >= 11 is 0. The summed E-state index contributed by atoms with van der Waals surface area (Å²) in [6, 6.07) is 8.74. The lowest BCUT2D eigenvalue weighted by molar-refractivity contribution is 0.348. The molecule has 0 radical (unpaired) electrons. The van der Waals surface area contributed by atoms with Crippen LogP contribution in [0.25, 0.3) is 0 Å². The Bertz CT molecular complexity index is 461. The first-order chi connectivity index (χ1) is 8.77. The summed E-state index contributed by atoms with van der Waals surface area (Å²) in [6.45, 7) is 6.37. The number of hydrogen-bond donors (Lipinski definition) is 0. The molecule has 3 heteroatoms. The van der Waals surface area contributed by atoms with Gasteiger partial charge in [-0.25, -0.2) is 4.99 Å². The fraction of sp³-hybridized carbons (Fsp3) is 0.533. The van der Waals surface area contributed by atoms with Crippen molar-refractivity contribution in [3.8, 4) is 0 Å². The van der Waals surface area contributed by atoms with Crippen LogP contribution in [0.4, 0.5) is 0 Å². The van der Waals surface area contributed by atoms with Gasteiger partial charge in [0.25, 0.3) is 0 Å². The SMILES string of the molecule is CC1CCC(C)P1c1ccccc1C1=NCCO1. The highest BCUT2D eigenvalue weighted by atomic mass is 31.1. The molecule has 18 heavy (non-hydrogen) atoms. The Morgan fingerprint density at radius 2 is 1.89 bits per heavy atom. The van der Waals surface area contributed by atoms with Crippen LogP contribution in [0.5, 0.6) is 0 Å². The minimum atomic E-state index is -0.0604.